The van der Waals surface area contributed by atoms with Gasteiger partial charge in [-0.15, -0.1) is 0 Å². The molecule has 1 amide bonds. The number of carbonyl (C=O) groups excluding carboxylic acids is 1. The van der Waals surface area contributed by atoms with Gasteiger partial charge in [0.2, 0.25) is 0 Å². The van der Waals surface area contributed by atoms with Gasteiger partial charge in [-0.3, -0.25) is 9.20 Å². The molecule has 0 unspecified atom stereocenters. The van der Waals surface area contributed by atoms with Gasteiger partial charge < -0.3 is 9.88 Å². The molecule has 4 rings (SSSR count). The molecule has 5 heteroatoms. The Hall–Kier alpha value is -3.34. The Bertz CT molecular complexity index is 1050. The van der Waals surface area contributed by atoms with Crippen LogP contribution >= 0.6 is 0 Å². The van der Waals surface area contributed by atoms with Gasteiger partial charge in [-0.05, 0) is 30.2 Å². The molecule has 0 aliphatic rings. The highest BCUT2D eigenvalue weighted by molar-refractivity contribution is 6.00. The summed E-state index contributed by atoms with van der Waals surface area (Å²) >= 11 is 0. The minimum Gasteiger partial charge on any atom is -0.357 e. The van der Waals surface area contributed by atoms with Crippen molar-refractivity contribution in [2.75, 3.05) is 6.54 Å². The Morgan fingerprint density at radius 1 is 1.04 bits per heavy atom. The van der Waals surface area contributed by atoms with E-state index in [-0.39, 0.29) is 5.91 Å². The van der Waals surface area contributed by atoms with Crippen molar-refractivity contribution in [3.05, 3.63) is 84.4 Å². The average molecular weight is 344 g/mol. The Morgan fingerprint density at radius 2 is 1.85 bits per heavy atom. The maximum Gasteiger partial charge on any atom is 0.272 e. The molecule has 0 spiro atoms. The molecule has 130 valence electrons. The third-order valence-electron chi connectivity index (χ3n) is 4.40. The van der Waals surface area contributed by atoms with E-state index in [1.807, 2.05) is 77.1 Å². The van der Waals surface area contributed by atoms with Crippen LogP contribution in [0.3, 0.4) is 0 Å². The maximum absolute atomic E-state index is 12.7. The number of nitrogens with one attached hydrogen (secondary N) is 1. The van der Waals surface area contributed by atoms with Crippen molar-refractivity contribution in [1.82, 2.24) is 19.3 Å². The summed E-state index contributed by atoms with van der Waals surface area (Å²) in [7, 11) is 1.97. The lowest BCUT2D eigenvalue weighted by Crippen LogP contribution is -2.26. The quantitative estimate of drug-likeness (QED) is 0.604. The molecule has 1 aromatic carbocycles. The van der Waals surface area contributed by atoms with Crippen molar-refractivity contribution < 1.29 is 4.79 Å². The lowest BCUT2D eigenvalue weighted by atomic mass is 10.1. The zero-order valence-electron chi connectivity index (χ0n) is 14.6. The molecular formula is C21H20N4O. The molecule has 4 aromatic rings. The highest BCUT2D eigenvalue weighted by atomic mass is 16.1. The van der Waals surface area contributed by atoms with Crippen LogP contribution in [0.2, 0.25) is 0 Å². The summed E-state index contributed by atoms with van der Waals surface area (Å²) < 4.78 is 3.93. The Balaban J connectivity index is 1.59. The summed E-state index contributed by atoms with van der Waals surface area (Å²) in [5, 5.41) is 2.99. The monoisotopic (exact) mass is 344 g/mol. The molecule has 26 heavy (non-hydrogen) atoms. The maximum atomic E-state index is 12.7. The standard InChI is InChI=1S/C21H20N4O/c1-24-14-11-17(15-24)20-23-19(18-9-5-6-13-25(18)20)21(26)22-12-10-16-7-3-2-4-8-16/h2-9,11,13-15H,10,12H2,1H3,(H,22,26). The zero-order chi connectivity index (χ0) is 17.9. The molecule has 5 nitrogen and oxygen atoms in total. The van der Waals surface area contributed by atoms with E-state index in [1.165, 1.54) is 5.56 Å². The first kappa shape index (κ1) is 16.1. The van der Waals surface area contributed by atoms with Crippen LogP contribution in [-0.4, -0.2) is 26.4 Å². The topological polar surface area (TPSA) is 51.3 Å². The number of carbonyl (C=O) groups is 1. The Morgan fingerprint density at radius 3 is 2.62 bits per heavy atom. The predicted molar refractivity (Wildman–Crippen MR) is 102 cm³/mol. The van der Waals surface area contributed by atoms with Crippen LogP contribution in [0.1, 0.15) is 16.1 Å². The van der Waals surface area contributed by atoms with E-state index in [0.717, 1.165) is 23.3 Å². The van der Waals surface area contributed by atoms with E-state index < -0.39 is 0 Å². The highest BCUT2D eigenvalue weighted by Crippen LogP contribution is 2.23. The lowest BCUT2D eigenvalue weighted by Gasteiger charge is -2.04. The number of aryl methyl sites for hydroxylation is 1. The summed E-state index contributed by atoms with van der Waals surface area (Å²) in [6.07, 6.45) is 6.70. The molecule has 0 saturated carbocycles. The van der Waals surface area contributed by atoms with E-state index in [1.54, 1.807) is 0 Å². The minimum atomic E-state index is -0.146. The first-order chi connectivity index (χ1) is 12.7. The Kier molecular flexibility index (Phi) is 4.27. The average Bonchev–Trinajstić information content (AvgIpc) is 3.26. The predicted octanol–water partition coefficient (Wildman–Crippen LogP) is 3.31. The molecular weight excluding hydrogens is 324 g/mol. The van der Waals surface area contributed by atoms with Crippen LogP contribution in [0, 0.1) is 0 Å². The smallest absolute Gasteiger partial charge is 0.272 e. The van der Waals surface area contributed by atoms with E-state index in [0.29, 0.717) is 12.2 Å². The second-order valence-electron chi connectivity index (χ2n) is 6.30. The summed E-state index contributed by atoms with van der Waals surface area (Å²) in [6, 6.07) is 17.9. The van der Waals surface area contributed by atoms with Gasteiger partial charge in [0.1, 0.15) is 5.82 Å². The van der Waals surface area contributed by atoms with E-state index in [9.17, 15) is 4.79 Å². The molecule has 0 aliphatic heterocycles. The van der Waals surface area contributed by atoms with E-state index in [2.05, 4.69) is 22.4 Å². The Labute approximate surface area is 151 Å². The third kappa shape index (κ3) is 3.11. The van der Waals surface area contributed by atoms with Crippen molar-refractivity contribution in [3.63, 3.8) is 0 Å². The molecule has 1 N–H and O–H groups in total. The van der Waals surface area contributed by atoms with Crippen molar-refractivity contribution in [1.29, 1.82) is 0 Å². The van der Waals surface area contributed by atoms with Gasteiger partial charge in [0.25, 0.3) is 5.91 Å². The number of hydrogen-bond donors (Lipinski definition) is 1. The number of amides is 1. The molecule has 0 saturated heterocycles. The number of imidazole rings is 1. The number of hydrogen-bond acceptors (Lipinski definition) is 2. The molecule has 0 radical (unpaired) electrons. The number of aromatic nitrogens is 3. The minimum absolute atomic E-state index is 0.146. The van der Waals surface area contributed by atoms with Crippen molar-refractivity contribution >= 4 is 11.4 Å². The molecule has 0 bridgehead atoms. The van der Waals surface area contributed by atoms with Gasteiger partial charge >= 0.3 is 0 Å². The number of pyridine rings is 1. The first-order valence-corrected chi connectivity index (χ1v) is 8.64. The van der Waals surface area contributed by atoms with Crippen LogP contribution in [-0.2, 0) is 13.5 Å². The lowest BCUT2D eigenvalue weighted by molar-refractivity contribution is 0.0951. The normalized spacial score (nSPS) is 11.0. The van der Waals surface area contributed by atoms with Gasteiger partial charge in [-0.25, -0.2) is 4.98 Å². The number of nitrogens with zero attached hydrogens (tertiary/aromatic N) is 3. The summed E-state index contributed by atoms with van der Waals surface area (Å²) in [5.74, 6) is 0.626. The van der Waals surface area contributed by atoms with Crippen molar-refractivity contribution in [3.8, 4) is 11.4 Å². The largest absolute Gasteiger partial charge is 0.357 e. The molecule has 0 fully saturated rings. The summed E-state index contributed by atoms with van der Waals surface area (Å²) in [6.45, 7) is 0.579. The van der Waals surface area contributed by atoms with Gasteiger partial charge in [-0.1, -0.05) is 36.4 Å². The molecule has 3 heterocycles. The molecule has 3 aromatic heterocycles. The fourth-order valence-corrected chi connectivity index (χ4v) is 3.09. The second-order valence-corrected chi connectivity index (χ2v) is 6.30. The van der Waals surface area contributed by atoms with E-state index >= 15 is 0 Å². The molecule has 0 aliphatic carbocycles. The third-order valence-corrected chi connectivity index (χ3v) is 4.40. The van der Waals surface area contributed by atoms with Crippen molar-refractivity contribution in [2.24, 2.45) is 7.05 Å². The van der Waals surface area contributed by atoms with Gasteiger partial charge in [0.05, 0.1) is 5.52 Å². The first-order valence-electron chi connectivity index (χ1n) is 8.64. The van der Waals surface area contributed by atoms with Gasteiger partial charge in [-0.2, -0.15) is 0 Å². The summed E-state index contributed by atoms with van der Waals surface area (Å²) in [5.41, 5.74) is 3.45. The van der Waals surface area contributed by atoms with E-state index in [4.69, 9.17) is 0 Å². The highest BCUT2D eigenvalue weighted by Gasteiger charge is 2.18. The van der Waals surface area contributed by atoms with Crippen LogP contribution in [0.15, 0.2) is 73.2 Å². The van der Waals surface area contributed by atoms with Crippen LogP contribution < -0.4 is 5.32 Å². The fourth-order valence-electron chi connectivity index (χ4n) is 3.09. The fraction of sp³-hybridized carbons (Fsp3) is 0.143. The van der Waals surface area contributed by atoms with Crippen molar-refractivity contribution in [2.45, 2.75) is 6.42 Å². The second kappa shape index (κ2) is 6.88. The SMILES string of the molecule is Cn1ccc(-c2nc(C(=O)NCCc3ccccc3)c3ccccn23)c1. The summed E-state index contributed by atoms with van der Waals surface area (Å²) in [4.78, 5) is 17.3. The van der Waals surface area contributed by atoms with Crippen LogP contribution in [0.5, 0.6) is 0 Å². The zero-order valence-corrected chi connectivity index (χ0v) is 14.6. The van der Waals surface area contributed by atoms with Crippen LogP contribution in [0.25, 0.3) is 16.9 Å². The van der Waals surface area contributed by atoms with Gasteiger partial charge in [0, 0.05) is 37.7 Å². The number of fused-ring (bicyclic) bond motifs is 1. The van der Waals surface area contributed by atoms with Gasteiger partial charge in [0.15, 0.2) is 5.69 Å². The van der Waals surface area contributed by atoms with Crippen LogP contribution in [0.4, 0.5) is 0 Å². The number of benzene rings is 1. The molecule has 0 atom stereocenters. The number of rotatable bonds is 5.